The van der Waals surface area contributed by atoms with Gasteiger partial charge in [0.1, 0.15) is 16.8 Å². The van der Waals surface area contributed by atoms with Gasteiger partial charge in [-0.1, -0.05) is 30.3 Å². The Balaban J connectivity index is 1.37. The van der Waals surface area contributed by atoms with E-state index in [1.54, 1.807) is 21.7 Å². The molecule has 10 heteroatoms. The van der Waals surface area contributed by atoms with Crippen molar-refractivity contribution >= 4 is 11.7 Å². The number of hydrogen-bond donors (Lipinski definition) is 1. The predicted molar refractivity (Wildman–Crippen MR) is 128 cm³/mol. The van der Waals surface area contributed by atoms with Crippen LogP contribution in [0.4, 0.5) is 4.79 Å². The molecule has 1 fully saturated rings. The summed E-state index contributed by atoms with van der Waals surface area (Å²) in [5.74, 6) is 0.861. The molecule has 35 heavy (non-hydrogen) atoms. The van der Waals surface area contributed by atoms with Gasteiger partial charge in [0, 0.05) is 25.1 Å². The second-order valence-electron chi connectivity index (χ2n) is 9.78. The van der Waals surface area contributed by atoms with E-state index in [2.05, 4.69) is 20.3 Å². The number of aromatic nitrogens is 5. The smallest absolute Gasteiger partial charge is 0.410 e. The topological polar surface area (TPSA) is 119 Å². The van der Waals surface area contributed by atoms with Gasteiger partial charge in [-0.25, -0.2) is 9.31 Å². The van der Waals surface area contributed by atoms with Crippen molar-refractivity contribution < 1.29 is 13.9 Å². The van der Waals surface area contributed by atoms with Crippen molar-refractivity contribution in [2.24, 2.45) is 0 Å². The summed E-state index contributed by atoms with van der Waals surface area (Å²) in [7, 11) is 0. The number of nitrogens with one attached hydrogen (secondary N) is 1. The fourth-order valence-corrected chi connectivity index (χ4v) is 4.35. The molecule has 0 aliphatic carbocycles. The summed E-state index contributed by atoms with van der Waals surface area (Å²) in [5, 5.41) is 12.9. The molecule has 1 N–H and O–H groups in total. The number of hydrogen-bond acceptors (Lipinski definition) is 7. The summed E-state index contributed by atoms with van der Waals surface area (Å²) in [5.41, 5.74) is 2.18. The highest BCUT2D eigenvalue weighted by molar-refractivity contribution is 5.71. The van der Waals surface area contributed by atoms with Gasteiger partial charge in [0.25, 0.3) is 11.4 Å². The fourth-order valence-electron chi connectivity index (χ4n) is 4.35. The zero-order valence-electron chi connectivity index (χ0n) is 20.0. The van der Waals surface area contributed by atoms with Crippen molar-refractivity contribution in [1.82, 2.24) is 29.7 Å². The van der Waals surface area contributed by atoms with Crippen molar-refractivity contribution in [3.63, 3.8) is 0 Å². The van der Waals surface area contributed by atoms with Gasteiger partial charge in [0.2, 0.25) is 5.89 Å². The number of carbonyl (C=O) groups is 1. The summed E-state index contributed by atoms with van der Waals surface area (Å²) in [4.78, 5) is 29.5. The quantitative estimate of drug-likeness (QED) is 0.476. The maximum absolute atomic E-state index is 12.6. The fraction of sp³-hybridized carbons (Fsp3) is 0.400. The molecular weight excluding hydrogens is 448 g/mol. The molecule has 182 valence electrons. The van der Waals surface area contributed by atoms with Crippen molar-refractivity contribution in [2.45, 2.75) is 51.6 Å². The molecule has 0 bridgehead atoms. The number of piperidine rings is 1. The molecule has 1 saturated heterocycles. The van der Waals surface area contributed by atoms with Gasteiger partial charge < -0.3 is 19.0 Å². The lowest BCUT2D eigenvalue weighted by atomic mass is 9.93. The standard InChI is InChI=1S/C25H28N6O4/c1-25(2,3)35-24(33)30-11-9-17(10-12-30)19-14-20(32)27-22-18(15-26-31(19)22)23-29-28-21(34-23)13-16-7-5-4-6-8-16/h4-8,14-15,17H,9-13H2,1-3H3,(H,27,32). The third kappa shape index (κ3) is 4.96. The van der Waals surface area contributed by atoms with Crippen LogP contribution in [0.15, 0.2) is 51.8 Å². The second-order valence-corrected chi connectivity index (χ2v) is 9.78. The summed E-state index contributed by atoms with van der Waals surface area (Å²) in [6.07, 6.45) is 3.25. The number of aromatic amines is 1. The minimum atomic E-state index is -0.534. The SMILES string of the molecule is CC(C)(C)OC(=O)N1CCC(c2cc(=O)[nH]c3c(-c4nnc(Cc5ccccc5)o4)cnn23)CC1. The van der Waals surface area contributed by atoms with Gasteiger partial charge in [0.15, 0.2) is 0 Å². The Morgan fingerprint density at radius 2 is 1.91 bits per heavy atom. The van der Waals surface area contributed by atoms with Crippen molar-refractivity contribution in [3.8, 4) is 11.5 Å². The van der Waals surface area contributed by atoms with Gasteiger partial charge in [0.05, 0.1) is 18.3 Å². The first-order valence-electron chi connectivity index (χ1n) is 11.7. The number of amides is 1. The Morgan fingerprint density at radius 1 is 1.17 bits per heavy atom. The van der Waals surface area contributed by atoms with Crippen LogP contribution < -0.4 is 5.56 Å². The summed E-state index contributed by atoms with van der Waals surface area (Å²) >= 11 is 0. The minimum Gasteiger partial charge on any atom is -0.444 e. The molecule has 0 saturated carbocycles. The Hall–Kier alpha value is -3.95. The number of ether oxygens (including phenoxy) is 1. The van der Waals surface area contributed by atoms with E-state index in [1.165, 1.54) is 0 Å². The van der Waals surface area contributed by atoms with Gasteiger partial charge >= 0.3 is 6.09 Å². The molecule has 0 unspecified atom stereocenters. The van der Waals surface area contributed by atoms with Gasteiger partial charge in [-0.2, -0.15) is 5.10 Å². The van der Waals surface area contributed by atoms with E-state index in [0.717, 1.165) is 11.3 Å². The van der Waals surface area contributed by atoms with Crippen LogP contribution in [0.3, 0.4) is 0 Å². The number of nitrogens with zero attached hydrogens (tertiary/aromatic N) is 5. The van der Waals surface area contributed by atoms with Gasteiger partial charge in [-0.15, -0.1) is 10.2 Å². The van der Waals surface area contributed by atoms with E-state index >= 15 is 0 Å². The molecule has 3 aromatic heterocycles. The molecule has 4 heterocycles. The van der Waals surface area contributed by atoms with Crippen LogP contribution in [0.2, 0.25) is 0 Å². The van der Waals surface area contributed by atoms with E-state index in [4.69, 9.17) is 9.15 Å². The van der Waals surface area contributed by atoms with E-state index in [9.17, 15) is 9.59 Å². The lowest BCUT2D eigenvalue weighted by Gasteiger charge is -2.33. The van der Waals surface area contributed by atoms with Crippen LogP contribution in [0, 0.1) is 0 Å². The van der Waals surface area contributed by atoms with Crippen LogP contribution in [0.25, 0.3) is 17.1 Å². The van der Waals surface area contributed by atoms with Crippen LogP contribution in [-0.4, -0.2) is 54.5 Å². The average molecular weight is 477 g/mol. The first kappa shape index (κ1) is 22.8. The molecule has 1 aliphatic rings. The van der Waals surface area contributed by atoms with Crippen molar-refractivity contribution in [1.29, 1.82) is 0 Å². The minimum absolute atomic E-state index is 0.0718. The molecule has 1 aliphatic heterocycles. The third-order valence-corrected chi connectivity index (χ3v) is 5.99. The van der Waals surface area contributed by atoms with E-state index in [-0.39, 0.29) is 17.6 Å². The van der Waals surface area contributed by atoms with Gasteiger partial charge in [-0.05, 0) is 39.2 Å². The molecule has 0 spiro atoms. The number of fused-ring (bicyclic) bond motifs is 1. The zero-order valence-corrected chi connectivity index (χ0v) is 20.0. The number of rotatable bonds is 4. The summed E-state index contributed by atoms with van der Waals surface area (Å²) in [6, 6.07) is 11.4. The molecule has 1 aromatic carbocycles. The predicted octanol–water partition coefficient (Wildman–Crippen LogP) is 3.78. The molecule has 5 rings (SSSR count). The number of carbonyl (C=O) groups excluding carboxylic acids is 1. The number of benzene rings is 1. The van der Waals surface area contributed by atoms with Crippen LogP contribution in [0.5, 0.6) is 0 Å². The van der Waals surface area contributed by atoms with Crippen molar-refractivity contribution in [2.75, 3.05) is 13.1 Å². The third-order valence-electron chi connectivity index (χ3n) is 5.99. The maximum atomic E-state index is 12.6. The molecule has 4 aromatic rings. The lowest BCUT2D eigenvalue weighted by molar-refractivity contribution is 0.0203. The molecule has 0 atom stereocenters. The highest BCUT2D eigenvalue weighted by Gasteiger charge is 2.29. The normalized spacial score (nSPS) is 15.0. The monoisotopic (exact) mass is 476 g/mol. The van der Waals surface area contributed by atoms with E-state index in [1.807, 2.05) is 51.1 Å². The highest BCUT2D eigenvalue weighted by Crippen LogP contribution is 2.30. The van der Waals surface area contributed by atoms with Crippen LogP contribution >= 0.6 is 0 Å². The summed E-state index contributed by atoms with van der Waals surface area (Å²) in [6.45, 7) is 6.67. The number of H-pyrrole nitrogens is 1. The Bertz CT molecular complexity index is 1390. The maximum Gasteiger partial charge on any atom is 0.410 e. The highest BCUT2D eigenvalue weighted by atomic mass is 16.6. The molecule has 0 radical (unpaired) electrons. The van der Waals surface area contributed by atoms with Gasteiger partial charge in [-0.3, -0.25) is 4.79 Å². The Labute approximate surface area is 201 Å². The first-order valence-corrected chi connectivity index (χ1v) is 11.7. The number of likely N-dealkylation sites (tertiary alicyclic amines) is 1. The lowest BCUT2D eigenvalue weighted by Crippen LogP contribution is -2.41. The Kier molecular flexibility index (Phi) is 5.88. The molecule has 1 amide bonds. The Morgan fingerprint density at radius 3 is 2.63 bits per heavy atom. The average Bonchev–Trinajstić information content (AvgIpc) is 3.45. The molecule has 10 nitrogen and oxygen atoms in total. The summed E-state index contributed by atoms with van der Waals surface area (Å²) < 4.78 is 13.1. The largest absolute Gasteiger partial charge is 0.444 e. The second kappa shape index (κ2) is 9.01. The van der Waals surface area contributed by atoms with E-state index in [0.29, 0.717) is 55.3 Å². The van der Waals surface area contributed by atoms with Crippen LogP contribution in [0.1, 0.15) is 56.7 Å². The molecular formula is C25H28N6O4. The van der Waals surface area contributed by atoms with Crippen LogP contribution in [-0.2, 0) is 11.2 Å². The van der Waals surface area contributed by atoms with Crippen molar-refractivity contribution in [3.05, 3.63) is 70.1 Å². The zero-order chi connectivity index (χ0) is 24.6. The van der Waals surface area contributed by atoms with E-state index < -0.39 is 5.60 Å². The first-order chi connectivity index (χ1) is 16.8.